The maximum Gasteiger partial charge on any atom is 0.230 e. The third-order valence-corrected chi connectivity index (χ3v) is 5.76. The number of aryl methyl sites for hydroxylation is 2. The fraction of sp³-hybridized carbons (Fsp3) is 0.440. The largest absolute Gasteiger partial charge is 0.492 e. The van der Waals surface area contributed by atoms with Crippen LogP contribution in [0.3, 0.4) is 0 Å². The van der Waals surface area contributed by atoms with Gasteiger partial charge in [0.1, 0.15) is 17.1 Å². The Labute approximate surface area is 194 Å². The molecule has 0 aliphatic carbocycles. The van der Waals surface area contributed by atoms with Crippen LogP contribution in [0.2, 0.25) is 0 Å². The number of rotatable bonds is 8. The van der Waals surface area contributed by atoms with Gasteiger partial charge in [0, 0.05) is 31.4 Å². The second-order valence-corrected chi connectivity index (χ2v) is 8.04. The highest BCUT2D eigenvalue weighted by atomic mass is 16.5. The number of amides is 1. The lowest BCUT2D eigenvalue weighted by atomic mass is 10.2. The molecule has 3 heterocycles. The molecule has 1 saturated heterocycles. The Bertz CT molecular complexity index is 1140. The van der Waals surface area contributed by atoms with Gasteiger partial charge in [-0.15, -0.1) is 0 Å². The SMILES string of the molecule is CCOc1cc(N2CCOCC2)c(OCC)cc1NC(=O)Cc1c(C)nc2c(C)cccn12. The van der Waals surface area contributed by atoms with E-state index >= 15 is 0 Å². The number of pyridine rings is 1. The molecular weight excluding hydrogens is 420 g/mol. The summed E-state index contributed by atoms with van der Waals surface area (Å²) in [6.07, 6.45) is 2.15. The number of aromatic nitrogens is 2. The molecule has 1 N–H and O–H groups in total. The number of carbonyl (C=O) groups excluding carboxylic acids is 1. The standard InChI is InChI=1S/C25H32N4O4/c1-5-32-22-15-21(28-10-12-31-13-11-28)23(33-6-2)14-19(22)27-24(30)16-20-18(4)26-25-17(3)8-7-9-29(20)25/h7-9,14-15H,5-6,10-13,16H2,1-4H3,(H,27,30). The normalized spacial score (nSPS) is 13.9. The molecule has 0 spiro atoms. The lowest BCUT2D eigenvalue weighted by Gasteiger charge is -2.31. The van der Waals surface area contributed by atoms with Gasteiger partial charge in [-0.05, 0) is 39.3 Å². The monoisotopic (exact) mass is 452 g/mol. The van der Waals surface area contributed by atoms with Crippen LogP contribution in [-0.4, -0.2) is 54.8 Å². The molecule has 33 heavy (non-hydrogen) atoms. The Balaban J connectivity index is 1.62. The zero-order valence-electron chi connectivity index (χ0n) is 19.8. The maximum absolute atomic E-state index is 13.1. The van der Waals surface area contributed by atoms with Crippen LogP contribution in [0.1, 0.15) is 30.8 Å². The minimum atomic E-state index is -0.135. The maximum atomic E-state index is 13.1. The lowest BCUT2D eigenvalue weighted by Crippen LogP contribution is -2.36. The van der Waals surface area contributed by atoms with E-state index in [1.165, 1.54) is 0 Å². The van der Waals surface area contributed by atoms with Gasteiger partial charge in [-0.1, -0.05) is 6.07 Å². The van der Waals surface area contributed by atoms with Crippen molar-refractivity contribution in [2.45, 2.75) is 34.1 Å². The molecule has 1 aliphatic rings. The van der Waals surface area contributed by atoms with Gasteiger partial charge >= 0.3 is 0 Å². The fourth-order valence-electron chi connectivity index (χ4n) is 4.17. The number of benzene rings is 1. The molecule has 0 saturated carbocycles. The zero-order chi connectivity index (χ0) is 23.4. The second kappa shape index (κ2) is 10.1. The third kappa shape index (κ3) is 4.90. The molecule has 176 valence electrons. The molecule has 0 unspecified atom stereocenters. The van der Waals surface area contributed by atoms with Crippen molar-refractivity contribution >= 4 is 22.9 Å². The predicted molar refractivity (Wildman–Crippen MR) is 129 cm³/mol. The Morgan fingerprint density at radius 3 is 2.58 bits per heavy atom. The summed E-state index contributed by atoms with van der Waals surface area (Å²) < 4.78 is 19.3. The summed E-state index contributed by atoms with van der Waals surface area (Å²) in [5, 5.41) is 3.04. The highest BCUT2D eigenvalue weighted by Gasteiger charge is 2.21. The van der Waals surface area contributed by atoms with Crippen molar-refractivity contribution in [3.8, 4) is 11.5 Å². The van der Waals surface area contributed by atoms with Gasteiger partial charge in [0.2, 0.25) is 5.91 Å². The van der Waals surface area contributed by atoms with E-state index in [9.17, 15) is 4.79 Å². The van der Waals surface area contributed by atoms with Crippen molar-refractivity contribution < 1.29 is 19.0 Å². The second-order valence-electron chi connectivity index (χ2n) is 8.04. The average Bonchev–Trinajstić information content (AvgIpc) is 3.12. The van der Waals surface area contributed by atoms with Crippen molar-refractivity contribution in [2.75, 3.05) is 49.7 Å². The van der Waals surface area contributed by atoms with Gasteiger partial charge in [-0.2, -0.15) is 0 Å². The van der Waals surface area contributed by atoms with Crippen molar-refractivity contribution in [3.63, 3.8) is 0 Å². The summed E-state index contributed by atoms with van der Waals surface area (Å²) in [4.78, 5) is 20.0. The third-order valence-electron chi connectivity index (χ3n) is 5.76. The van der Waals surface area contributed by atoms with Gasteiger partial charge in [0.05, 0.1) is 55.6 Å². The van der Waals surface area contributed by atoms with Crippen LogP contribution in [0.5, 0.6) is 11.5 Å². The van der Waals surface area contributed by atoms with Crippen molar-refractivity contribution in [1.82, 2.24) is 9.38 Å². The topological polar surface area (TPSA) is 77.3 Å². The summed E-state index contributed by atoms with van der Waals surface area (Å²) in [6, 6.07) is 7.81. The summed E-state index contributed by atoms with van der Waals surface area (Å²) in [7, 11) is 0. The Hall–Kier alpha value is -3.26. The molecular formula is C25H32N4O4. The molecule has 3 aromatic rings. The molecule has 8 nitrogen and oxygen atoms in total. The van der Waals surface area contributed by atoms with Gasteiger partial charge in [0.15, 0.2) is 0 Å². The number of nitrogens with one attached hydrogen (secondary N) is 1. The number of anilines is 2. The Morgan fingerprint density at radius 2 is 1.85 bits per heavy atom. The number of imidazole rings is 1. The quantitative estimate of drug-likeness (QED) is 0.561. The van der Waals surface area contributed by atoms with E-state index in [-0.39, 0.29) is 12.3 Å². The molecule has 0 atom stereocenters. The zero-order valence-corrected chi connectivity index (χ0v) is 19.8. The van der Waals surface area contributed by atoms with Gasteiger partial charge in [-0.25, -0.2) is 4.98 Å². The van der Waals surface area contributed by atoms with Crippen molar-refractivity contribution in [3.05, 3.63) is 47.4 Å². The summed E-state index contributed by atoms with van der Waals surface area (Å²) in [6.45, 7) is 11.8. The van der Waals surface area contributed by atoms with Gasteiger partial charge in [0.25, 0.3) is 0 Å². The molecule has 1 aliphatic heterocycles. The summed E-state index contributed by atoms with van der Waals surface area (Å²) >= 11 is 0. The molecule has 1 fully saturated rings. The van der Waals surface area contributed by atoms with E-state index in [0.717, 1.165) is 47.1 Å². The molecule has 1 aromatic carbocycles. The minimum absolute atomic E-state index is 0.135. The van der Waals surface area contributed by atoms with Crippen LogP contribution >= 0.6 is 0 Å². The van der Waals surface area contributed by atoms with E-state index in [0.29, 0.717) is 37.9 Å². The number of fused-ring (bicyclic) bond motifs is 1. The molecule has 2 aromatic heterocycles. The van der Waals surface area contributed by atoms with E-state index in [2.05, 4.69) is 15.2 Å². The molecule has 8 heteroatoms. The minimum Gasteiger partial charge on any atom is -0.492 e. The Kier molecular flexibility index (Phi) is 7.03. The predicted octanol–water partition coefficient (Wildman–Crippen LogP) is 3.77. The van der Waals surface area contributed by atoms with Gasteiger partial charge < -0.3 is 28.8 Å². The summed E-state index contributed by atoms with van der Waals surface area (Å²) in [5.74, 6) is 1.21. The average molecular weight is 453 g/mol. The first-order chi connectivity index (χ1) is 16.0. The van der Waals surface area contributed by atoms with E-state index < -0.39 is 0 Å². The smallest absolute Gasteiger partial charge is 0.230 e. The number of hydrogen-bond acceptors (Lipinski definition) is 6. The van der Waals surface area contributed by atoms with E-state index in [4.69, 9.17) is 14.2 Å². The highest BCUT2D eigenvalue weighted by Crippen LogP contribution is 2.39. The van der Waals surface area contributed by atoms with Crippen LogP contribution in [-0.2, 0) is 16.0 Å². The van der Waals surface area contributed by atoms with Crippen LogP contribution in [0.4, 0.5) is 11.4 Å². The first-order valence-corrected chi connectivity index (χ1v) is 11.5. The number of morpholine rings is 1. The number of ether oxygens (including phenoxy) is 3. The first-order valence-electron chi connectivity index (χ1n) is 11.5. The molecule has 0 radical (unpaired) electrons. The number of hydrogen-bond donors (Lipinski definition) is 1. The lowest BCUT2D eigenvalue weighted by molar-refractivity contribution is -0.115. The first kappa shape index (κ1) is 22.9. The van der Waals surface area contributed by atoms with Gasteiger partial charge in [-0.3, -0.25) is 4.79 Å². The van der Waals surface area contributed by atoms with Crippen LogP contribution in [0, 0.1) is 13.8 Å². The Morgan fingerprint density at radius 1 is 1.12 bits per heavy atom. The molecule has 4 rings (SSSR count). The van der Waals surface area contributed by atoms with Crippen molar-refractivity contribution in [1.29, 1.82) is 0 Å². The van der Waals surface area contributed by atoms with Crippen molar-refractivity contribution in [2.24, 2.45) is 0 Å². The van der Waals surface area contributed by atoms with E-state index in [1.54, 1.807) is 0 Å². The van der Waals surface area contributed by atoms with Crippen LogP contribution in [0.25, 0.3) is 5.65 Å². The highest BCUT2D eigenvalue weighted by molar-refractivity contribution is 5.94. The number of carbonyl (C=O) groups is 1. The number of nitrogens with zero attached hydrogens (tertiary/aromatic N) is 3. The summed E-state index contributed by atoms with van der Waals surface area (Å²) in [5.41, 5.74) is 5.23. The molecule has 0 bridgehead atoms. The molecule has 1 amide bonds. The van der Waals surface area contributed by atoms with E-state index in [1.807, 2.05) is 62.6 Å². The fourth-order valence-corrected chi connectivity index (χ4v) is 4.17. The van der Waals surface area contributed by atoms with Crippen LogP contribution in [0.15, 0.2) is 30.5 Å². The van der Waals surface area contributed by atoms with Crippen LogP contribution < -0.4 is 19.7 Å².